The molecule has 9 heteroatoms. The first-order valence-corrected chi connectivity index (χ1v) is 10.4. The van der Waals surface area contributed by atoms with E-state index >= 15 is 0 Å². The Morgan fingerprint density at radius 3 is 2.55 bits per heavy atom. The van der Waals surface area contributed by atoms with Crippen molar-refractivity contribution in [2.24, 2.45) is 5.73 Å². The van der Waals surface area contributed by atoms with Crippen LogP contribution in [0.15, 0.2) is 48.8 Å². The maximum Gasteiger partial charge on any atom is 0.270 e. The van der Waals surface area contributed by atoms with E-state index in [1.807, 2.05) is 0 Å². The molecular formula is C24H22FN5O3. The molecule has 8 nitrogen and oxygen atoms in total. The third-order valence-corrected chi connectivity index (χ3v) is 5.62. The lowest BCUT2D eigenvalue weighted by atomic mass is 10.0. The van der Waals surface area contributed by atoms with Gasteiger partial charge in [0.15, 0.2) is 0 Å². The standard InChI is InChI=1S/C24H22FN5O3/c1-13-8-14(2-6-18(13)25)11-27-23(32)20-10-21(29-12-28-20)24(33)30-19-7-4-15-9-16(22(26)31)3-5-17(15)19/h2-3,5-6,8-10,12,19H,4,7,11H2,1H3,(H2,26,31)(H,27,32)(H,30,33)/t19-/m0/s1. The number of aryl methyl sites for hydroxylation is 2. The highest BCUT2D eigenvalue weighted by Gasteiger charge is 2.26. The van der Waals surface area contributed by atoms with Crippen molar-refractivity contribution in [1.82, 2.24) is 20.6 Å². The van der Waals surface area contributed by atoms with Crippen LogP contribution < -0.4 is 16.4 Å². The van der Waals surface area contributed by atoms with Gasteiger partial charge in [-0.2, -0.15) is 0 Å². The first-order valence-electron chi connectivity index (χ1n) is 10.4. The molecule has 0 saturated carbocycles. The zero-order chi connectivity index (χ0) is 23.5. The minimum absolute atomic E-state index is 0.0481. The number of primary amides is 1. The molecule has 4 N–H and O–H groups in total. The molecule has 0 radical (unpaired) electrons. The van der Waals surface area contributed by atoms with Crippen molar-refractivity contribution in [3.8, 4) is 0 Å². The number of nitrogens with two attached hydrogens (primary N) is 1. The number of benzene rings is 2. The zero-order valence-corrected chi connectivity index (χ0v) is 17.9. The SMILES string of the molecule is Cc1cc(CNC(=O)c2cc(C(=O)N[C@H]3CCc4cc(C(N)=O)ccc43)ncn2)ccc1F. The van der Waals surface area contributed by atoms with Gasteiger partial charge in [0, 0.05) is 18.2 Å². The smallest absolute Gasteiger partial charge is 0.270 e. The van der Waals surface area contributed by atoms with E-state index in [1.54, 1.807) is 37.3 Å². The van der Waals surface area contributed by atoms with Gasteiger partial charge in [-0.15, -0.1) is 0 Å². The largest absolute Gasteiger partial charge is 0.366 e. The number of aromatic nitrogens is 2. The van der Waals surface area contributed by atoms with E-state index in [0.29, 0.717) is 24.0 Å². The van der Waals surface area contributed by atoms with E-state index in [9.17, 15) is 18.8 Å². The lowest BCUT2D eigenvalue weighted by Gasteiger charge is -2.14. The van der Waals surface area contributed by atoms with Crippen LogP contribution in [-0.4, -0.2) is 27.7 Å². The van der Waals surface area contributed by atoms with Crippen molar-refractivity contribution < 1.29 is 18.8 Å². The maximum atomic E-state index is 13.4. The molecule has 0 unspecified atom stereocenters. The Balaban J connectivity index is 1.41. The second-order valence-electron chi connectivity index (χ2n) is 7.90. The normalized spacial score (nSPS) is 14.4. The van der Waals surface area contributed by atoms with Crippen LogP contribution in [0.5, 0.6) is 0 Å². The Bertz CT molecular complexity index is 1260. The van der Waals surface area contributed by atoms with Gasteiger partial charge in [-0.25, -0.2) is 14.4 Å². The predicted octanol–water partition coefficient (Wildman–Crippen LogP) is 2.37. The first-order chi connectivity index (χ1) is 15.8. The van der Waals surface area contributed by atoms with Crippen LogP contribution in [-0.2, 0) is 13.0 Å². The zero-order valence-electron chi connectivity index (χ0n) is 17.9. The van der Waals surface area contributed by atoms with E-state index < -0.39 is 17.7 Å². The van der Waals surface area contributed by atoms with Crippen LogP contribution in [0.3, 0.4) is 0 Å². The third-order valence-electron chi connectivity index (χ3n) is 5.62. The van der Waals surface area contributed by atoms with Crippen molar-refractivity contribution in [3.63, 3.8) is 0 Å². The molecule has 0 spiro atoms. The number of amides is 3. The van der Waals surface area contributed by atoms with Gasteiger partial charge in [-0.05, 0) is 60.2 Å². The van der Waals surface area contributed by atoms with E-state index in [-0.39, 0.29) is 29.8 Å². The lowest BCUT2D eigenvalue weighted by Crippen LogP contribution is -2.29. The minimum Gasteiger partial charge on any atom is -0.366 e. The first kappa shape index (κ1) is 22.1. The highest BCUT2D eigenvalue weighted by atomic mass is 19.1. The summed E-state index contributed by atoms with van der Waals surface area (Å²) in [5, 5.41) is 5.63. The molecule has 2 aromatic carbocycles. The van der Waals surface area contributed by atoms with Gasteiger partial charge in [0.2, 0.25) is 5.91 Å². The number of hydrogen-bond donors (Lipinski definition) is 3. The molecule has 168 valence electrons. The summed E-state index contributed by atoms with van der Waals surface area (Å²) in [6.07, 6.45) is 2.55. The van der Waals surface area contributed by atoms with Crippen molar-refractivity contribution in [2.75, 3.05) is 0 Å². The van der Waals surface area contributed by atoms with Crippen molar-refractivity contribution in [2.45, 2.75) is 32.4 Å². The van der Waals surface area contributed by atoms with Crippen LogP contribution in [0, 0.1) is 12.7 Å². The number of carbonyl (C=O) groups is 3. The minimum atomic E-state index is -0.494. The lowest BCUT2D eigenvalue weighted by molar-refractivity contribution is 0.0930. The van der Waals surface area contributed by atoms with Crippen molar-refractivity contribution >= 4 is 17.7 Å². The summed E-state index contributed by atoms with van der Waals surface area (Å²) in [5.74, 6) is -1.71. The molecule has 1 aliphatic carbocycles. The molecule has 0 aliphatic heterocycles. The van der Waals surface area contributed by atoms with Crippen LogP contribution in [0.25, 0.3) is 0 Å². The second-order valence-corrected chi connectivity index (χ2v) is 7.90. The Morgan fingerprint density at radius 1 is 1.06 bits per heavy atom. The molecule has 0 fully saturated rings. The molecule has 3 amide bonds. The van der Waals surface area contributed by atoms with Gasteiger partial charge in [0.25, 0.3) is 11.8 Å². The monoisotopic (exact) mass is 447 g/mol. The summed E-state index contributed by atoms with van der Waals surface area (Å²) < 4.78 is 13.4. The molecule has 3 aromatic rings. The summed E-state index contributed by atoms with van der Waals surface area (Å²) in [5.41, 5.74) is 9.01. The fourth-order valence-corrected chi connectivity index (χ4v) is 3.85. The molecule has 1 atom stereocenters. The van der Waals surface area contributed by atoms with Crippen LogP contribution in [0.2, 0.25) is 0 Å². The van der Waals surface area contributed by atoms with Crippen LogP contribution >= 0.6 is 0 Å². The molecule has 1 heterocycles. The van der Waals surface area contributed by atoms with Gasteiger partial charge in [0.1, 0.15) is 23.5 Å². The fourth-order valence-electron chi connectivity index (χ4n) is 3.85. The molecule has 0 bridgehead atoms. The van der Waals surface area contributed by atoms with Crippen LogP contribution in [0.4, 0.5) is 4.39 Å². The Morgan fingerprint density at radius 2 is 1.82 bits per heavy atom. The maximum absolute atomic E-state index is 13.4. The Labute approximate surface area is 189 Å². The van der Waals surface area contributed by atoms with Gasteiger partial charge in [0.05, 0.1) is 6.04 Å². The second kappa shape index (κ2) is 9.15. The molecule has 1 aliphatic rings. The number of halogens is 1. The third kappa shape index (κ3) is 4.87. The quantitative estimate of drug-likeness (QED) is 0.535. The van der Waals surface area contributed by atoms with E-state index in [2.05, 4.69) is 20.6 Å². The summed E-state index contributed by atoms with van der Waals surface area (Å²) >= 11 is 0. The number of rotatable bonds is 6. The van der Waals surface area contributed by atoms with Gasteiger partial charge in [-0.1, -0.05) is 18.2 Å². The molecule has 0 saturated heterocycles. The highest BCUT2D eigenvalue weighted by Crippen LogP contribution is 2.32. The average molecular weight is 447 g/mol. The summed E-state index contributed by atoms with van der Waals surface area (Å²) in [6, 6.07) is 10.9. The van der Waals surface area contributed by atoms with E-state index in [1.165, 1.54) is 12.1 Å². The van der Waals surface area contributed by atoms with Gasteiger partial charge < -0.3 is 16.4 Å². The van der Waals surface area contributed by atoms with E-state index in [4.69, 9.17) is 5.73 Å². The molecular weight excluding hydrogens is 425 g/mol. The Kier molecular flexibility index (Phi) is 6.12. The summed E-state index contributed by atoms with van der Waals surface area (Å²) in [7, 11) is 0. The highest BCUT2D eigenvalue weighted by molar-refractivity contribution is 5.97. The van der Waals surface area contributed by atoms with Crippen molar-refractivity contribution in [3.05, 3.63) is 93.8 Å². The molecule has 1 aromatic heterocycles. The average Bonchev–Trinajstić information content (AvgIpc) is 3.21. The van der Waals surface area contributed by atoms with Crippen LogP contribution in [0.1, 0.15) is 66.1 Å². The summed E-state index contributed by atoms with van der Waals surface area (Å²) in [4.78, 5) is 44.6. The molecule has 33 heavy (non-hydrogen) atoms. The number of nitrogens with one attached hydrogen (secondary N) is 2. The Hall–Kier alpha value is -4.14. The van der Waals surface area contributed by atoms with E-state index in [0.717, 1.165) is 23.0 Å². The van der Waals surface area contributed by atoms with Gasteiger partial charge >= 0.3 is 0 Å². The number of carbonyl (C=O) groups excluding carboxylic acids is 3. The summed E-state index contributed by atoms with van der Waals surface area (Å²) in [6.45, 7) is 1.84. The fraction of sp³-hybridized carbons (Fsp3) is 0.208. The molecule has 4 rings (SSSR count). The predicted molar refractivity (Wildman–Crippen MR) is 118 cm³/mol. The number of nitrogens with zero attached hydrogens (tertiary/aromatic N) is 2. The number of fused-ring (bicyclic) bond motifs is 1. The topological polar surface area (TPSA) is 127 Å². The number of hydrogen-bond acceptors (Lipinski definition) is 5. The van der Waals surface area contributed by atoms with Gasteiger partial charge in [-0.3, -0.25) is 14.4 Å². The van der Waals surface area contributed by atoms with Crippen molar-refractivity contribution in [1.29, 1.82) is 0 Å².